The van der Waals surface area contributed by atoms with Crippen molar-refractivity contribution < 1.29 is 4.79 Å². The van der Waals surface area contributed by atoms with Crippen LogP contribution in [0.4, 0.5) is 5.69 Å². The van der Waals surface area contributed by atoms with Crippen LogP contribution in [0.3, 0.4) is 0 Å². The number of carbonyl (C=O) groups excluding carboxylic acids is 1. The molecule has 0 heterocycles. The van der Waals surface area contributed by atoms with Crippen LogP contribution >= 0.6 is 11.6 Å². The molecule has 0 aliphatic carbocycles. The fraction of sp³-hybridized carbons (Fsp3) is 0.174. The Labute approximate surface area is 159 Å². The van der Waals surface area contributed by atoms with Gasteiger partial charge >= 0.3 is 0 Å². The quantitative estimate of drug-likeness (QED) is 0.525. The summed E-state index contributed by atoms with van der Waals surface area (Å²) in [6.07, 6.45) is 1.74. The van der Waals surface area contributed by atoms with Crippen molar-refractivity contribution in [2.24, 2.45) is 0 Å². The van der Waals surface area contributed by atoms with Crippen molar-refractivity contribution in [2.75, 3.05) is 5.32 Å². The van der Waals surface area contributed by atoms with Crippen LogP contribution in [0.15, 0.2) is 84.9 Å². The maximum atomic E-state index is 12.6. The number of ketones is 1. The molecule has 0 radical (unpaired) electrons. The summed E-state index contributed by atoms with van der Waals surface area (Å²) in [4.78, 5) is 12.6. The normalized spacial score (nSPS) is 11.7. The summed E-state index contributed by atoms with van der Waals surface area (Å²) in [5.41, 5.74) is 3.21. The lowest BCUT2D eigenvalue weighted by Crippen LogP contribution is -2.16. The summed E-state index contributed by atoms with van der Waals surface area (Å²) >= 11 is 6.16. The van der Waals surface area contributed by atoms with Crippen molar-refractivity contribution >= 4 is 23.1 Å². The van der Waals surface area contributed by atoms with Gasteiger partial charge in [-0.15, -0.1) is 0 Å². The summed E-state index contributed by atoms with van der Waals surface area (Å²) in [7, 11) is 0. The molecule has 0 saturated heterocycles. The molecule has 1 unspecified atom stereocenters. The minimum atomic E-state index is -0.0978. The van der Waals surface area contributed by atoms with Crippen LogP contribution in [0.5, 0.6) is 0 Å². The first-order chi connectivity index (χ1) is 12.7. The number of rotatable bonds is 8. The monoisotopic (exact) mass is 363 g/mol. The summed E-state index contributed by atoms with van der Waals surface area (Å²) < 4.78 is 0. The smallest absolute Gasteiger partial charge is 0.135 e. The van der Waals surface area contributed by atoms with Crippen molar-refractivity contribution in [3.8, 4) is 0 Å². The third kappa shape index (κ3) is 5.47. The number of para-hydroxylation sites is 1. The molecule has 1 N–H and O–H groups in total. The van der Waals surface area contributed by atoms with Crippen molar-refractivity contribution in [3.05, 3.63) is 101 Å². The molecule has 26 heavy (non-hydrogen) atoms. The molecule has 3 aromatic rings. The van der Waals surface area contributed by atoms with Crippen molar-refractivity contribution in [1.82, 2.24) is 0 Å². The Morgan fingerprint density at radius 2 is 1.58 bits per heavy atom. The first-order valence-corrected chi connectivity index (χ1v) is 9.21. The van der Waals surface area contributed by atoms with E-state index in [0.717, 1.165) is 17.7 Å². The van der Waals surface area contributed by atoms with Gasteiger partial charge in [0.2, 0.25) is 0 Å². The molecule has 0 aromatic heterocycles. The highest BCUT2D eigenvalue weighted by Crippen LogP contribution is 2.26. The van der Waals surface area contributed by atoms with E-state index in [2.05, 4.69) is 17.4 Å². The highest BCUT2D eigenvalue weighted by molar-refractivity contribution is 6.30. The van der Waals surface area contributed by atoms with Gasteiger partial charge in [0, 0.05) is 23.6 Å². The first-order valence-electron chi connectivity index (χ1n) is 8.83. The van der Waals surface area contributed by atoms with E-state index in [1.807, 2.05) is 72.8 Å². The van der Waals surface area contributed by atoms with Crippen LogP contribution in [0, 0.1) is 0 Å². The van der Waals surface area contributed by atoms with E-state index < -0.39 is 0 Å². The highest BCUT2D eigenvalue weighted by Gasteiger charge is 2.16. The molecule has 0 saturated carbocycles. The summed E-state index contributed by atoms with van der Waals surface area (Å²) in [5, 5.41) is 4.15. The van der Waals surface area contributed by atoms with E-state index in [4.69, 9.17) is 11.6 Å². The number of hydrogen-bond donors (Lipinski definition) is 1. The second-order valence-electron chi connectivity index (χ2n) is 6.35. The number of aryl methyl sites for hydroxylation is 1. The lowest BCUT2D eigenvalue weighted by Gasteiger charge is -2.20. The number of anilines is 1. The van der Waals surface area contributed by atoms with Crippen LogP contribution < -0.4 is 5.32 Å². The predicted octanol–water partition coefficient (Wildman–Crippen LogP) is 6.09. The van der Waals surface area contributed by atoms with Gasteiger partial charge in [-0.25, -0.2) is 0 Å². The molecule has 0 spiro atoms. The van der Waals surface area contributed by atoms with Gasteiger partial charge in [0.05, 0.1) is 6.04 Å². The van der Waals surface area contributed by atoms with Gasteiger partial charge in [0.15, 0.2) is 0 Å². The fourth-order valence-electron chi connectivity index (χ4n) is 2.97. The average molecular weight is 364 g/mol. The zero-order chi connectivity index (χ0) is 18.2. The molecule has 3 heteroatoms. The average Bonchev–Trinajstić information content (AvgIpc) is 2.67. The summed E-state index contributed by atoms with van der Waals surface area (Å²) in [5.74, 6) is 0.238. The molecular weight excluding hydrogens is 342 g/mol. The van der Waals surface area contributed by atoms with Crippen LogP contribution in [0.2, 0.25) is 5.02 Å². The van der Waals surface area contributed by atoms with Gasteiger partial charge in [0.25, 0.3) is 0 Å². The van der Waals surface area contributed by atoms with E-state index in [1.54, 1.807) is 0 Å². The van der Waals surface area contributed by atoms with Crippen LogP contribution in [-0.2, 0) is 11.2 Å². The topological polar surface area (TPSA) is 29.1 Å². The number of carbonyl (C=O) groups is 1. The molecule has 0 aliphatic rings. The molecule has 0 fully saturated rings. The number of halogens is 1. The Balaban J connectivity index is 1.69. The third-order valence-corrected chi connectivity index (χ3v) is 4.57. The molecule has 0 aliphatic heterocycles. The standard InChI is InChI=1S/C23H22ClNO/c24-20-11-7-10-19(16-20)23(25-21-12-5-2-6-13-21)17-22(26)15-14-18-8-3-1-4-9-18/h1-13,16,23,25H,14-15,17H2. The van der Waals surface area contributed by atoms with Crippen molar-refractivity contribution in [3.63, 3.8) is 0 Å². The molecule has 0 amide bonds. The second-order valence-corrected chi connectivity index (χ2v) is 6.78. The Morgan fingerprint density at radius 3 is 2.27 bits per heavy atom. The number of hydrogen-bond acceptors (Lipinski definition) is 2. The van der Waals surface area contributed by atoms with E-state index in [1.165, 1.54) is 5.56 Å². The Morgan fingerprint density at radius 1 is 0.885 bits per heavy atom. The Kier molecular flexibility index (Phi) is 6.45. The predicted molar refractivity (Wildman–Crippen MR) is 109 cm³/mol. The van der Waals surface area contributed by atoms with Gasteiger partial charge < -0.3 is 5.32 Å². The Bertz CT molecular complexity index is 833. The molecule has 132 valence electrons. The SMILES string of the molecule is O=C(CCc1ccccc1)CC(Nc1ccccc1)c1cccc(Cl)c1. The number of nitrogens with one attached hydrogen (secondary N) is 1. The molecule has 2 nitrogen and oxygen atoms in total. The summed E-state index contributed by atoms with van der Waals surface area (Å²) in [6.45, 7) is 0. The van der Waals surface area contributed by atoms with E-state index in [9.17, 15) is 4.79 Å². The number of benzene rings is 3. The van der Waals surface area contributed by atoms with Gasteiger partial charge in [-0.3, -0.25) is 4.79 Å². The second kappa shape index (κ2) is 9.21. The molecule has 0 bridgehead atoms. The minimum Gasteiger partial charge on any atom is -0.378 e. The van der Waals surface area contributed by atoms with Crippen LogP contribution in [0.1, 0.15) is 30.0 Å². The van der Waals surface area contributed by atoms with Gasteiger partial charge in [-0.1, -0.05) is 72.3 Å². The van der Waals surface area contributed by atoms with E-state index in [0.29, 0.717) is 17.9 Å². The van der Waals surface area contributed by atoms with Crippen LogP contribution in [-0.4, -0.2) is 5.78 Å². The van der Waals surface area contributed by atoms with Gasteiger partial charge in [0.1, 0.15) is 5.78 Å². The van der Waals surface area contributed by atoms with Crippen molar-refractivity contribution in [2.45, 2.75) is 25.3 Å². The molecular formula is C23H22ClNO. The zero-order valence-corrected chi connectivity index (χ0v) is 15.3. The maximum absolute atomic E-state index is 12.6. The molecule has 3 rings (SSSR count). The molecule has 1 atom stereocenters. The largest absolute Gasteiger partial charge is 0.378 e. The van der Waals surface area contributed by atoms with Gasteiger partial charge in [-0.2, -0.15) is 0 Å². The first kappa shape index (κ1) is 18.2. The van der Waals surface area contributed by atoms with Crippen LogP contribution in [0.25, 0.3) is 0 Å². The highest BCUT2D eigenvalue weighted by atomic mass is 35.5. The summed E-state index contributed by atoms with van der Waals surface area (Å²) in [6, 6.07) is 27.7. The zero-order valence-electron chi connectivity index (χ0n) is 14.6. The fourth-order valence-corrected chi connectivity index (χ4v) is 3.17. The van der Waals surface area contributed by atoms with E-state index in [-0.39, 0.29) is 11.8 Å². The van der Waals surface area contributed by atoms with Gasteiger partial charge in [-0.05, 0) is 41.8 Å². The Hall–Kier alpha value is -2.58. The maximum Gasteiger partial charge on any atom is 0.135 e. The lowest BCUT2D eigenvalue weighted by atomic mass is 9.97. The van der Waals surface area contributed by atoms with E-state index >= 15 is 0 Å². The number of Topliss-reactive ketones (excluding diaryl/α,β-unsaturated/α-hetero) is 1. The molecule has 3 aromatic carbocycles. The lowest BCUT2D eigenvalue weighted by molar-refractivity contribution is -0.119. The minimum absolute atomic E-state index is 0.0978. The van der Waals surface area contributed by atoms with Crippen molar-refractivity contribution in [1.29, 1.82) is 0 Å². The third-order valence-electron chi connectivity index (χ3n) is 4.33.